The van der Waals surface area contributed by atoms with Crippen LogP contribution in [0.1, 0.15) is 18.7 Å². The Bertz CT molecular complexity index is 639. The van der Waals surface area contributed by atoms with Gasteiger partial charge in [-0.25, -0.2) is 8.42 Å². The maximum absolute atomic E-state index is 12.4. The zero-order valence-electron chi connectivity index (χ0n) is 12.7. The number of carbonyl (C=O) groups is 2. The molecule has 1 atom stereocenters. The van der Waals surface area contributed by atoms with Gasteiger partial charge in [-0.3, -0.25) is 9.59 Å². The Balaban J connectivity index is 2.75. The quantitative estimate of drug-likeness (QED) is 0.722. The zero-order chi connectivity index (χ0) is 16.9. The third-order valence-electron chi connectivity index (χ3n) is 3.00. The standard InChI is InChI=1S/C13H20N2O5S2/c1-9(13(17)18)8-15(3)22(19,20)12-5-4-11(21-12)6-7-14-10(2)16/h4-5,9H,6-8H2,1-3H3,(H,14,16)(H,17,18). The van der Waals surface area contributed by atoms with Gasteiger partial charge in [0.2, 0.25) is 5.91 Å². The number of carboxylic acid groups (broad SMARTS) is 1. The molecule has 1 unspecified atom stereocenters. The molecule has 1 amide bonds. The van der Waals surface area contributed by atoms with Crippen molar-refractivity contribution in [2.24, 2.45) is 5.92 Å². The number of nitrogens with one attached hydrogen (secondary N) is 1. The number of hydrogen-bond donors (Lipinski definition) is 2. The molecule has 0 aliphatic rings. The highest BCUT2D eigenvalue weighted by Gasteiger charge is 2.26. The molecule has 1 heterocycles. The summed E-state index contributed by atoms with van der Waals surface area (Å²) in [6, 6.07) is 3.21. The molecule has 0 saturated heterocycles. The Kier molecular flexibility index (Phi) is 6.51. The molecule has 7 nitrogen and oxygen atoms in total. The fourth-order valence-electron chi connectivity index (χ4n) is 1.71. The first-order chi connectivity index (χ1) is 10.1. The summed E-state index contributed by atoms with van der Waals surface area (Å²) in [4.78, 5) is 22.4. The smallest absolute Gasteiger partial charge is 0.307 e. The van der Waals surface area contributed by atoms with E-state index in [0.29, 0.717) is 13.0 Å². The van der Waals surface area contributed by atoms with Crippen LogP contribution in [0.25, 0.3) is 0 Å². The van der Waals surface area contributed by atoms with Crippen LogP contribution in [-0.4, -0.2) is 49.8 Å². The van der Waals surface area contributed by atoms with Crippen molar-refractivity contribution in [3.05, 3.63) is 17.0 Å². The van der Waals surface area contributed by atoms with E-state index >= 15 is 0 Å². The van der Waals surface area contributed by atoms with Crippen LogP contribution >= 0.6 is 11.3 Å². The highest BCUT2D eigenvalue weighted by Crippen LogP contribution is 2.25. The van der Waals surface area contributed by atoms with Crippen LogP contribution in [0.15, 0.2) is 16.3 Å². The molecule has 0 aromatic carbocycles. The van der Waals surface area contributed by atoms with Crippen LogP contribution in [0.5, 0.6) is 0 Å². The molecule has 0 aliphatic carbocycles. The maximum Gasteiger partial charge on any atom is 0.307 e. The number of rotatable bonds is 8. The number of thiophene rings is 1. The first-order valence-electron chi connectivity index (χ1n) is 6.67. The molecule has 0 bridgehead atoms. The van der Waals surface area contributed by atoms with Crippen molar-refractivity contribution in [3.8, 4) is 0 Å². The van der Waals surface area contributed by atoms with Gasteiger partial charge in [0.1, 0.15) is 4.21 Å². The molecule has 22 heavy (non-hydrogen) atoms. The average Bonchev–Trinajstić information content (AvgIpc) is 2.87. The second kappa shape index (κ2) is 7.70. The summed E-state index contributed by atoms with van der Waals surface area (Å²) < 4.78 is 25.9. The number of aliphatic carboxylic acids is 1. The van der Waals surface area contributed by atoms with Gasteiger partial charge in [-0.1, -0.05) is 6.92 Å². The Morgan fingerprint density at radius 2 is 2.05 bits per heavy atom. The molecule has 124 valence electrons. The molecule has 0 radical (unpaired) electrons. The molecule has 0 saturated carbocycles. The van der Waals surface area contributed by atoms with Crippen LogP contribution in [0.4, 0.5) is 0 Å². The van der Waals surface area contributed by atoms with E-state index in [1.165, 1.54) is 27.0 Å². The van der Waals surface area contributed by atoms with Crippen molar-refractivity contribution >= 4 is 33.2 Å². The summed E-state index contributed by atoms with van der Waals surface area (Å²) >= 11 is 1.13. The van der Waals surface area contributed by atoms with Gasteiger partial charge in [-0.05, 0) is 18.6 Å². The number of hydrogen-bond acceptors (Lipinski definition) is 5. The van der Waals surface area contributed by atoms with Crippen molar-refractivity contribution in [1.82, 2.24) is 9.62 Å². The zero-order valence-corrected chi connectivity index (χ0v) is 14.3. The second-order valence-electron chi connectivity index (χ2n) is 4.98. The molecule has 0 aliphatic heterocycles. The highest BCUT2D eigenvalue weighted by atomic mass is 32.2. The number of carbonyl (C=O) groups excluding carboxylic acids is 1. The minimum absolute atomic E-state index is 0.0865. The van der Waals surface area contributed by atoms with E-state index in [1.54, 1.807) is 6.07 Å². The fraction of sp³-hybridized carbons (Fsp3) is 0.538. The van der Waals surface area contributed by atoms with E-state index < -0.39 is 21.9 Å². The summed E-state index contributed by atoms with van der Waals surface area (Å²) in [5, 5.41) is 11.5. The van der Waals surface area contributed by atoms with E-state index in [1.807, 2.05) is 0 Å². The summed E-state index contributed by atoms with van der Waals surface area (Å²) in [6.45, 7) is 3.24. The second-order valence-corrected chi connectivity index (χ2v) is 8.42. The predicted octanol–water partition coefficient (Wildman–Crippen LogP) is 0.768. The minimum Gasteiger partial charge on any atom is -0.481 e. The monoisotopic (exact) mass is 348 g/mol. The molecule has 0 spiro atoms. The van der Waals surface area contributed by atoms with Crippen LogP contribution in [-0.2, 0) is 26.0 Å². The lowest BCUT2D eigenvalue weighted by Crippen LogP contribution is -2.33. The lowest BCUT2D eigenvalue weighted by molar-refractivity contribution is -0.141. The number of carboxylic acids is 1. The van der Waals surface area contributed by atoms with Gasteiger partial charge >= 0.3 is 5.97 Å². The molecule has 9 heteroatoms. The van der Waals surface area contributed by atoms with Crippen molar-refractivity contribution in [2.75, 3.05) is 20.1 Å². The Hall–Kier alpha value is -1.45. The fourth-order valence-corrected chi connectivity index (χ4v) is 4.53. The Morgan fingerprint density at radius 1 is 1.41 bits per heavy atom. The van der Waals surface area contributed by atoms with Gasteiger partial charge in [0.05, 0.1) is 5.92 Å². The van der Waals surface area contributed by atoms with Gasteiger partial charge in [0.15, 0.2) is 0 Å². The number of sulfonamides is 1. The lowest BCUT2D eigenvalue weighted by Gasteiger charge is -2.18. The van der Waals surface area contributed by atoms with Gasteiger partial charge in [-0.2, -0.15) is 4.31 Å². The van der Waals surface area contributed by atoms with Crippen molar-refractivity contribution in [3.63, 3.8) is 0 Å². The van der Waals surface area contributed by atoms with Crippen molar-refractivity contribution in [2.45, 2.75) is 24.5 Å². The first kappa shape index (κ1) is 18.6. The molecule has 2 N–H and O–H groups in total. The minimum atomic E-state index is -3.69. The lowest BCUT2D eigenvalue weighted by atomic mass is 10.2. The molecular formula is C13H20N2O5S2. The van der Waals surface area contributed by atoms with Crippen LogP contribution in [0, 0.1) is 5.92 Å². The van der Waals surface area contributed by atoms with Gasteiger partial charge in [-0.15, -0.1) is 11.3 Å². The predicted molar refractivity (Wildman–Crippen MR) is 83.3 cm³/mol. The van der Waals surface area contributed by atoms with Gasteiger partial charge in [0.25, 0.3) is 10.0 Å². The third kappa shape index (κ3) is 5.08. The highest BCUT2D eigenvalue weighted by molar-refractivity contribution is 7.91. The normalized spacial score (nSPS) is 13.1. The van der Waals surface area contributed by atoms with E-state index in [9.17, 15) is 18.0 Å². The van der Waals surface area contributed by atoms with Crippen molar-refractivity contribution < 1.29 is 23.1 Å². The summed E-state index contributed by atoms with van der Waals surface area (Å²) in [5.41, 5.74) is 0. The maximum atomic E-state index is 12.4. The molecular weight excluding hydrogens is 328 g/mol. The van der Waals surface area contributed by atoms with Crippen LogP contribution in [0.2, 0.25) is 0 Å². The number of nitrogens with zero attached hydrogens (tertiary/aromatic N) is 1. The Labute approximate surface area is 134 Å². The van der Waals surface area contributed by atoms with Crippen LogP contribution in [0.3, 0.4) is 0 Å². The van der Waals surface area contributed by atoms with Gasteiger partial charge in [0, 0.05) is 31.9 Å². The molecule has 1 aromatic rings. The average molecular weight is 348 g/mol. The molecule has 1 aromatic heterocycles. The summed E-state index contributed by atoms with van der Waals surface area (Å²) in [7, 11) is -2.32. The van der Waals surface area contributed by atoms with E-state index in [2.05, 4.69) is 5.32 Å². The van der Waals surface area contributed by atoms with E-state index in [-0.39, 0.29) is 16.7 Å². The van der Waals surface area contributed by atoms with E-state index in [0.717, 1.165) is 20.5 Å². The molecule has 0 fully saturated rings. The van der Waals surface area contributed by atoms with Gasteiger partial charge < -0.3 is 10.4 Å². The topological polar surface area (TPSA) is 104 Å². The SMILES string of the molecule is CC(=O)NCCc1ccc(S(=O)(=O)N(C)CC(C)C(=O)O)s1. The van der Waals surface area contributed by atoms with E-state index in [4.69, 9.17) is 5.11 Å². The first-order valence-corrected chi connectivity index (χ1v) is 8.92. The Morgan fingerprint density at radius 3 is 2.59 bits per heavy atom. The molecule has 1 rings (SSSR count). The van der Waals surface area contributed by atoms with Crippen LogP contribution < -0.4 is 5.32 Å². The third-order valence-corrected chi connectivity index (χ3v) is 6.44. The number of amides is 1. The van der Waals surface area contributed by atoms with Crippen molar-refractivity contribution in [1.29, 1.82) is 0 Å². The summed E-state index contributed by atoms with van der Waals surface area (Å²) in [5.74, 6) is -1.95. The summed E-state index contributed by atoms with van der Waals surface area (Å²) in [6.07, 6.45) is 0.551. The largest absolute Gasteiger partial charge is 0.481 e.